The number of nitrogens with zero attached hydrogens (tertiary/aromatic N) is 1. The Labute approximate surface area is 156 Å². The number of halogens is 2. The van der Waals surface area contributed by atoms with Crippen LogP contribution >= 0.6 is 11.6 Å². The van der Waals surface area contributed by atoms with Crippen molar-refractivity contribution in [3.05, 3.63) is 82.8 Å². The van der Waals surface area contributed by atoms with Crippen LogP contribution in [0.4, 0.5) is 21.6 Å². The fourth-order valence-corrected chi connectivity index (χ4v) is 2.62. The lowest BCUT2D eigenvalue weighted by Gasteiger charge is -2.10. The summed E-state index contributed by atoms with van der Waals surface area (Å²) in [5.41, 5.74) is 3.33. The van der Waals surface area contributed by atoms with Gasteiger partial charge in [0.15, 0.2) is 0 Å². The van der Waals surface area contributed by atoms with Gasteiger partial charge in [0, 0.05) is 10.7 Å². The largest absolute Gasteiger partial charge is 0.354 e. The molecule has 26 heavy (non-hydrogen) atoms. The lowest BCUT2D eigenvalue weighted by Crippen LogP contribution is -2.15. The number of pyridine rings is 1. The Kier molecular flexibility index (Phi) is 5.49. The van der Waals surface area contributed by atoms with Crippen LogP contribution in [0.5, 0.6) is 0 Å². The molecule has 2 aromatic carbocycles. The SMILES string of the molecule is Cc1ccc(Cl)cc1Nc1ccc(NC(=O)Cc2cccc(F)c2)nc1. The highest BCUT2D eigenvalue weighted by atomic mass is 35.5. The Hall–Kier alpha value is -2.92. The van der Waals surface area contributed by atoms with Crippen molar-refractivity contribution in [1.29, 1.82) is 0 Å². The van der Waals surface area contributed by atoms with E-state index in [2.05, 4.69) is 15.6 Å². The van der Waals surface area contributed by atoms with Gasteiger partial charge < -0.3 is 10.6 Å². The number of amides is 1. The van der Waals surface area contributed by atoms with Crippen molar-refractivity contribution in [2.45, 2.75) is 13.3 Å². The minimum absolute atomic E-state index is 0.0845. The molecule has 1 heterocycles. The van der Waals surface area contributed by atoms with Crippen molar-refractivity contribution in [3.8, 4) is 0 Å². The molecule has 1 aromatic heterocycles. The van der Waals surface area contributed by atoms with Crippen molar-refractivity contribution < 1.29 is 9.18 Å². The number of carbonyl (C=O) groups excluding carboxylic acids is 1. The number of carbonyl (C=O) groups is 1. The molecule has 0 aliphatic heterocycles. The first kappa shape index (κ1) is 17.9. The Morgan fingerprint density at radius 1 is 1.15 bits per heavy atom. The van der Waals surface area contributed by atoms with Gasteiger partial charge in [0.05, 0.1) is 18.3 Å². The third-order valence-electron chi connectivity index (χ3n) is 3.76. The monoisotopic (exact) mass is 369 g/mol. The molecule has 0 saturated heterocycles. The molecule has 0 unspecified atom stereocenters. The molecule has 2 N–H and O–H groups in total. The molecule has 1 amide bonds. The smallest absolute Gasteiger partial charge is 0.229 e. The van der Waals surface area contributed by atoms with Gasteiger partial charge >= 0.3 is 0 Å². The normalized spacial score (nSPS) is 10.4. The second kappa shape index (κ2) is 7.97. The second-order valence-electron chi connectivity index (χ2n) is 5.87. The van der Waals surface area contributed by atoms with E-state index in [9.17, 15) is 9.18 Å². The predicted octanol–water partition coefficient (Wildman–Crippen LogP) is 5.11. The number of aromatic nitrogens is 1. The molecule has 0 aliphatic carbocycles. The maximum atomic E-state index is 13.2. The van der Waals surface area contributed by atoms with Crippen LogP contribution in [0.2, 0.25) is 5.02 Å². The second-order valence-corrected chi connectivity index (χ2v) is 6.31. The van der Waals surface area contributed by atoms with E-state index in [-0.39, 0.29) is 18.1 Å². The van der Waals surface area contributed by atoms with Gasteiger partial charge in [-0.15, -0.1) is 0 Å². The molecular formula is C20H17ClFN3O. The molecule has 3 aromatic rings. The van der Waals surface area contributed by atoms with E-state index in [1.807, 2.05) is 31.2 Å². The summed E-state index contributed by atoms with van der Waals surface area (Å²) < 4.78 is 13.2. The number of hydrogen-bond acceptors (Lipinski definition) is 3. The van der Waals surface area contributed by atoms with Crippen LogP contribution in [0.1, 0.15) is 11.1 Å². The summed E-state index contributed by atoms with van der Waals surface area (Å²) in [5, 5.41) is 6.58. The van der Waals surface area contributed by atoms with Crippen molar-refractivity contribution in [2.24, 2.45) is 0 Å². The van der Waals surface area contributed by atoms with Crippen molar-refractivity contribution >= 4 is 34.7 Å². The molecule has 0 aliphatic rings. The molecule has 0 radical (unpaired) electrons. The van der Waals surface area contributed by atoms with Gasteiger partial charge in [0.25, 0.3) is 0 Å². The maximum Gasteiger partial charge on any atom is 0.229 e. The molecule has 0 bridgehead atoms. The molecule has 0 fully saturated rings. The van der Waals surface area contributed by atoms with Crippen LogP contribution in [-0.2, 0) is 11.2 Å². The number of rotatable bonds is 5. The highest BCUT2D eigenvalue weighted by Gasteiger charge is 2.06. The van der Waals surface area contributed by atoms with E-state index in [4.69, 9.17) is 11.6 Å². The van der Waals surface area contributed by atoms with Gasteiger partial charge in [-0.1, -0.05) is 29.8 Å². The van der Waals surface area contributed by atoms with Crippen LogP contribution in [0.3, 0.4) is 0 Å². The molecule has 132 valence electrons. The van der Waals surface area contributed by atoms with Gasteiger partial charge in [-0.05, 0) is 54.4 Å². The zero-order valence-corrected chi connectivity index (χ0v) is 14.8. The van der Waals surface area contributed by atoms with Crippen molar-refractivity contribution in [2.75, 3.05) is 10.6 Å². The highest BCUT2D eigenvalue weighted by molar-refractivity contribution is 6.30. The van der Waals surface area contributed by atoms with E-state index >= 15 is 0 Å². The zero-order chi connectivity index (χ0) is 18.5. The summed E-state index contributed by atoms with van der Waals surface area (Å²) >= 11 is 6.02. The van der Waals surface area contributed by atoms with Gasteiger partial charge in [0.1, 0.15) is 11.6 Å². The summed E-state index contributed by atoms with van der Waals surface area (Å²) in [6.45, 7) is 1.98. The molecule has 0 saturated carbocycles. The predicted molar refractivity (Wildman–Crippen MR) is 102 cm³/mol. The average molecular weight is 370 g/mol. The van der Waals surface area contributed by atoms with Gasteiger partial charge in [-0.25, -0.2) is 9.37 Å². The fraction of sp³-hybridized carbons (Fsp3) is 0.100. The summed E-state index contributed by atoms with van der Waals surface area (Å²) in [6.07, 6.45) is 1.71. The van der Waals surface area contributed by atoms with E-state index in [1.165, 1.54) is 12.1 Å². The number of anilines is 3. The molecule has 0 atom stereocenters. The van der Waals surface area contributed by atoms with Crippen molar-refractivity contribution in [1.82, 2.24) is 4.98 Å². The summed E-state index contributed by atoms with van der Waals surface area (Å²) in [7, 11) is 0. The first-order chi connectivity index (χ1) is 12.5. The Balaban J connectivity index is 1.62. The molecule has 6 heteroatoms. The Morgan fingerprint density at radius 2 is 2.00 bits per heavy atom. The number of aryl methyl sites for hydroxylation is 1. The van der Waals surface area contributed by atoms with Crippen LogP contribution in [0.25, 0.3) is 0 Å². The quantitative estimate of drug-likeness (QED) is 0.657. The summed E-state index contributed by atoms with van der Waals surface area (Å²) in [6, 6.07) is 15.1. The topological polar surface area (TPSA) is 54.0 Å². The van der Waals surface area contributed by atoms with E-state index < -0.39 is 0 Å². The average Bonchev–Trinajstić information content (AvgIpc) is 2.60. The van der Waals surface area contributed by atoms with E-state index in [1.54, 1.807) is 24.4 Å². The third kappa shape index (κ3) is 4.80. The minimum Gasteiger partial charge on any atom is -0.354 e. The number of nitrogens with one attached hydrogen (secondary N) is 2. The molecular weight excluding hydrogens is 353 g/mol. The number of hydrogen-bond donors (Lipinski definition) is 2. The fourth-order valence-electron chi connectivity index (χ4n) is 2.45. The Bertz CT molecular complexity index is 929. The van der Waals surface area contributed by atoms with Crippen LogP contribution < -0.4 is 10.6 Å². The van der Waals surface area contributed by atoms with E-state index in [0.29, 0.717) is 16.4 Å². The number of benzene rings is 2. The standard InChI is InChI=1S/C20H17ClFN3O/c1-13-5-6-15(21)11-18(13)24-17-7-8-19(23-12-17)25-20(26)10-14-3-2-4-16(22)9-14/h2-9,11-12,24H,10H2,1H3,(H,23,25,26). The summed E-state index contributed by atoms with van der Waals surface area (Å²) in [5.74, 6) is -0.186. The van der Waals surface area contributed by atoms with Gasteiger partial charge in [0.2, 0.25) is 5.91 Å². The van der Waals surface area contributed by atoms with E-state index in [0.717, 1.165) is 16.9 Å². The summed E-state index contributed by atoms with van der Waals surface area (Å²) in [4.78, 5) is 16.3. The molecule has 3 rings (SSSR count). The van der Waals surface area contributed by atoms with Gasteiger partial charge in [-0.3, -0.25) is 4.79 Å². The lowest BCUT2D eigenvalue weighted by molar-refractivity contribution is -0.115. The first-order valence-electron chi connectivity index (χ1n) is 8.03. The highest BCUT2D eigenvalue weighted by Crippen LogP contribution is 2.24. The first-order valence-corrected chi connectivity index (χ1v) is 8.41. The molecule has 4 nitrogen and oxygen atoms in total. The maximum absolute atomic E-state index is 13.2. The zero-order valence-electron chi connectivity index (χ0n) is 14.1. The third-order valence-corrected chi connectivity index (χ3v) is 4.00. The molecule has 0 spiro atoms. The minimum atomic E-state index is -0.361. The Morgan fingerprint density at radius 3 is 2.73 bits per heavy atom. The van der Waals surface area contributed by atoms with Crippen LogP contribution in [0.15, 0.2) is 60.8 Å². The van der Waals surface area contributed by atoms with Crippen LogP contribution in [0, 0.1) is 12.7 Å². The van der Waals surface area contributed by atoms with Crippen molar-refractivity contribution in [3.63, 3.8) is 0 Å². The van der Waals surface area contributed by atoms with Gasteiger partial charge in [-0.2, -0.15) is 0 Å². The lowest BCUT2D eigenvalue weighted by atomic mass is 10.1. The van der Waals surface area contributed by atoms with Crippen LogP contribution in [-0.4, -0.2) is 10.9 Å².